The van der Waals surface area contributed by atoms with E-state index in [1.165, 1.54) is 9.80 Å². The molecule has 1 aliphatic heterocycles. The molecule has 0 aromatic carbocycles. The summed E-state index contributed by atoms with van der Waals surface area (Å²) in [6.07, 6.45) is 4.20. The van der Waals surface area contributed by atoms with Crippen molar-refractivity contribution in [2.75, 3.05) is 26.2 Å². The number of nitrogens with one attached hydrogen (secondary N) is 2. The van der Waals surface area contributed by atoms with Gasteiger partial charge >= 0.3 is 6.03 Å². The van der Waals surface area contributed by atoms with Crippen LogP contribution in [0, 0.1) is 0 Å². The minimum Gasteiger partial charge on any atom is -0.359 e. The van der Waals surface area contributed by atoms with Crippen molar-refractivity contribution >= 4 is 40.7 Å². The quantitative estimate of drug-likeness (QED) is 0.604. The van der Waals surface area contributed by atoms with Gasteiger partial charge in [-0.3, -0.25) is 9.80 Å². The maximum absolute atomic E-state index is 12.3. The predicted octanol–water partition coefficient (Wildman–Crippen LogP) is 1.24. The number of carbonyl (C=O) groups excluding carboxylic acids is 1. The molecular weight excluding hydrogens is 280 g/mol. The third-order valence-electron chi connectivity index (χ3n) is 2.51. The fraction of sp³-hybridized carbons (Fsp3) is 0.417. The summed E-state index contributed by atoms with van der Waals surface area (Å²) in [6.45, 7) is 9.45. The van der Waals surface area contributed by atoms with Crippen molar-refractivity contribution in [3.63, 3.8) is 0 Å². The van der Waals surface area contributed by atoms with Crippen LogP contribution in [-0.4, -0.2) is 52.2 Å². The SMILES string of the molecule is C=CCNC(=S)N1CCCN(C(=S)NCC=C)C1=O. The highest BCUT2D eigenvalue weighted by atomic mass is 32.1. The molecule has 0 aromatic rings. The fourth-order valence-corrected chi connectivity index (χ4v) is 2.12. The number of hydrogen-bond donors (Lipinski definition) is 2. The molecule has 5 nitrogen and oxygen atoms in total. The Morgan fingerprint density at radius 3 is 1.89 bits per heavy atom. The molecule has 1 fully saturated rings. The fourth-order valence-electron chi connectivity index (χ4n) is 1.61. The lowest BCUT2D eigenvalue weighted by molar-refractivity contribution is 0.183. The van der Waals surface area contributed by atoms with E-state index in [1.807, 2.05) is 0 Å². The summed E-state index contributed by atoms with van der Waals surface area (Å²) in [7, 11) is 0. The van der Waals surface area contributed by atoms with E-state index >= 15 is 0 Å². The second-order valence-electron chi connectivity index (χ2n) is 3.89. The molecule has 1 heterocycles. The highest BCUT2D eigenvalue weighted by Crippen LogP contribution is 2.10. The molecule has 2 N–H and O–H groups in total. The minimum absolute atomic E-state index is 0.200. The Morgan fingerprint density at radius 2 is 1.53 bits per heavy atom. The Hall–Kier alpha value is -1.47. The zero-order valence-corrected chi connectivity index (χ0v) is 12.4. The first kappa shape index (κ1) is 15.6. The number of thiocarbonyl (C=S) groups is 2. The lowest BCUT2D eigenvalue weighted by Crippen LogP contribution is -2.57. The van der Waals surface area contributed by atoms with Crippen LogP contribution in [0.2, 0.25) is 0 Å². The Kier molecular flexibility index (Phi) is 6.44. The number of carbonyl (C=O) groups is 1. The van der Waals surface area contributed by atoms with Crippen LogP contribution in [0.25, 0.3) is 0 Å². The Balaban J connectivity index is 2.64. The number of rotatable bonds is 4. The lowest BCUT2D eigenvalue weighted by Gasteiger charge is -2.35. The molecule has 1 rings (SSSR count). The first-order valence-electron chi connectivity index (χ1n) is 5.98. The van der Waals surface area contributed by atoms with Gasteiger partial charge in [0.2, 0.25) is 0 Å². The van der Waals surface area contributed by atoms with E-state index in [9.17, 15) is 4.79 Å². The Labute approximate surface area is 124 Å². The molecule has 104 valence electrons. The summed E-state index contributed by atoms with van der Waals surface area (Å²) in [5.41, 5.74) is 0. The van der Waals surface area contributed by atoms with Gasteiger partial charge in [-0.25, -0.2) is 4.79 Å². The lowest BCUT2D eigenvalue weighted by atomic mass is 10.3. The predicted molar refractivity (Wildman–Crippen MR) is 85.0 cm³/mol. The van der Waals surface area contributed by atoms with Gasteiger partial charge in [0, 0.05) is 26.2 Å². The summed E-state index contributed by atoms with van der Waals surface area (Å²) < 4.78 is 0. The monoisotopic (exact) mass is 298 g/mol. The third-order valence-corrected chi connectivity index (χ3v) is 3.24. The van der Waals surface area contributed by atoms with Crippen molar-refractivity contribution in [2.24, 2.45) is 0 Å². The largest absolute Gasteiger partial charge is 0.359 e. The minimum atomic E-state index is -0.200. The van der Waals surface area contributed by atoms with E-state index in [-0.39, 0.29) is 6.03 Å². The number of amides is 2. The van der Waals surface area contributed by atoms with Gasteiger partial charge in [-0.15, -0.1) is 13.2 Å². The molecule has 2 amide bonds. The molecule has 1 aliphatic rings. The average molecular weight is 298 g/mol. The molecule has 0 aliphatic carbocycles. The molecule has 19 heavy (non-hydrogen) atoms. The first-order chi connectivity index (χ1) is 9.11. The number of hydrogen-bond acceptors (Lipinski definition) is 3. The molecule has 0 unspecified atom stereocenters. The van der Waals surface area contributed by atoms with Gasteiger partial charge in [0.1, 0.15) is 0 Å². The maximum atomic E-state index is 12.3. The van der Waals surface area contributed by atoms with E-state index in [0.717, 1.165) is 6.42 Å². The van der Waals surface area contributed by atoms with Crippen LogP contribution in [-0.2, 0) is 0 Å². The van der Waals surface area contributed by atoms with Crippen LogP contribution in [0.3, 0.4) is 0 Å². The van der Waals surface area contributed by atoms with Gasteiger partial charge in [-0.05, 0) is 30.9 Å². The van der Waals surface area contributed by atoms with Crippen molar-refractivity contribution in [1.29, 1.82) is 0 Å². The molecular formula is C12H18N4OS2. The number of nitrogens with zero attached hydrogens (tertiary/aromatic N) is 2. The maximum Gasteiger partial charge on any atom is 0.332 e. The van der Waals surface area contributed by atoms with Crippen molar-refractivity contribution in [1.82, 2.24) is 20.4 Å². The van der Waals surface area contributed by atoms with Gasteiger partial charge in [-0.1, -0.05) is 12.2 Å². The van der Waals surface area contributed by atoms with Gasteiger partial charge in [0.05, 0.1) is 0 Å². The zero-order chi connectivity index (χ0) is 14.3. The van der Waals surface area contributed by atoms with Crippen molar-refractivity contribution in [2.45, 2.75) is 6.42 Å². The highest BCUT2D eigenvalue weighted by molar-refractivity contribution is 7.80. The summed E-state index contributed by atoms with van der Waals surface area (Å²) in [5.74, 6) is 0. The topological polar surface area (TPSA) is 47.6 Å². The zero-order valence-electron chi connectivity index (χ0n) is 10.7. The second kappa shape index (κ2) is 7.85. The van der Waals surface area contributed by atoms with E-state index in [0.29, 0.717) is 36.4 Å². The van der Waals surface area contributed by atoms with Crippen LogP contribution in [0.1, 0.15) is 6.42 Å². The molecule has 0 saturated carbocycles. The van der Waals surface area contributed by atoms with Crippen LogP contribution in [0.4, 0.5) is 4.79 Å². The summed E-state index contributed by atoms with van der Waals surface area (Å²) in [4.78, 5) is 15.3. The molecule has 0 spiro atoms. The molecule has 0 radical (unpaired) electrons. The van der Waals surface area contributed by atoms with Crippen molar-refractivity contribution in [3.8, 4) is 0 Å². The van der Waals surface area contributed by atoms with Gasteiger partial charge in [0.15, 0.2) is 10.2 Å². The molecule has 0 aromatic heterocycles. The highest BCUT2D eigenvalue weighted by Gasteiger charge is 2.30. The molecule has 7 heteroatoms. The second-order valence-corrected chi connectivity index (χ2v) is 4.66. The molecule has 0 atom stereocenters. The van der Waals surface area contributed by atoms with E-state index in [1.54, 1.807) is 12.2 Å². The van der Waals surface area contributed by atoms with E-state index in [4.69, 9.17) is 24.4 Å². The van der Waals surface area contributed by atoms with Crippen molar-refractivity contribution < 1.29 is 4.79 Å². The summed E-state index contributed by atoms with van der Waals surface area (Å²) >= 11 is 10.4. The van der Waals surface area contributed by atoms with Crippen LogP contribution >= 0.6 is 24.4 Å². The van der Waals surface area contributed by atoms with Gasteiger partial charge in [0.25, 0.3) is 0 Å². The average Bonchev–Trinajstić information content (AvgIpc) is 2.42. The third kappa shape index (κ3) is 4.29. The summed E-state index contributed by atoms with van der Waals surface area (Å²) in [5, 5.41) is 6.70. The van der Waals surface area contributed by atoms with Crippen LogP contribution in [0.15, 0.2) is 25.3 Å². The first-order valence-corrected chi connectivity index (χ1v) is 6.80. The Morgan fingerprint density at radius 1 is 1.11 bits per heavy atom. The van der Waals surface area contributed by atoms with Gasteiger partial charge < -0.3 is 10.6 Å². The molecule has 0 bridgehead atoms. The summed E-state index contributed by atoms with van der Waals surface area (Å²) in [6, 6.07) is -0.200. The smallest absolute Gasteiger partial charge is 0.332 e. The normalized spacial score (nSPS) is 14.8. The van der Waals surface area contributed by atoms with Crippen molar-refractivity contribution in [3.05, 3.63) is 25.3 Å². The number of urea groups is 1. The standard InChI is InChI=1S/C12H18N4OS2/c1-3-6-13-10(18)15-8-5-9-16(12(15)17)11(19)14-7-4-2/h3-4H,1-2,5-9H2,(H,13,18)(H,14,19). The van der Waals surface area contributed by atoms with Crippen LogP contribution < -0.4 is 10.6 Å². The van der Waals surface area contributed by atoms with E-state index in [2.05, 4.69) is 23.8 Å². The van der Waals surface area contributed by atoms with Gasteiger partial charge in [-0.2, -0.15) is 0 Å². The Bertz CT molecular complexity index is 363. The van der Waals surface area contributed by atoms with Crippen LogP contribution in [0.5, 0.6) is 0 Å². The molecule has 1 saturated heterocycles. The van der Waals surface area contributed by atoms with E-state index < -0.39 is 0 Å².